The normalized spacial score (nSPS) is 22.7. The number of fused-ring (bicyclic) bond motifs is 2. The van der Waals surface area contributed by atoms with Crippen molar-refractivity contribution in [3.05, 3.63) is 29.3 Å². The molecule has 0 amide bonds. The molecule has 0 N–H and O–H groups in total. The largest absolute Gasteiger partial charge is 0.349 e. The first-order chi connectivity index (χ1) is 12.6. The third kappa shape index (κ3) is 2.35. The number of rotatable bonds is 3. The molecule has 1 aliphatic carbocycles. The van der Waals surface area contributed by atoms with Crippen LogP contribution in [-0.2, 0) is 13.0 Å². The quantitative estimate of drug-likeness (QED) is 0.713. The Morgan fingerprint density at radius 2 is 2.00 bits per heavy atom. The Labute approximate surface area is 147 Å². The van der Waals surface area contributed by atoms with Gasteiger partial charge in [0, 0.05) is 13.0 Å². The molecule has 3 aromatic heterocycles. The fourth-order valence-corrected chi connectivity index (χ4v) is 3.85. The van der Waals surface area contributed by atoms with Gasteiger partial charge >= 0.3 is 0 Å². The van der Waals surface area contributed by atoms with E-state index >= 15 is 0 Å². The molecule has 0 atom stereocenters. The number of nitrogens with zero attached hydrogens (tertiary/aromatic N) is 8. The average Bonchev–Trinajstić information content (AvgIpc) is 3.22. The fourth-order valence-electron chi connectivity index (χ4n) is 3.85. The van der Waals surface area contributed by atoms with Crippen LogP contribution < -0.4 is 4.90 Å². The van der Waals surface area contributed by atoms with Crippen LogP contribution in [0.1, 0.15) is 49.4 Å². The van der Waals surface area contributed by atoms with Gasteiger partial charge in [-0.15, -0.1) is 20.4 Å². The summed E-state index contributed by atoms with van der Waals surface area (Å²) in [4.78, 5) is 2.07. The molecule has 0 spiro atoms. The molecule has 1 fully saturated rings. The highest BCUT2D eigenvalue weighted by Gasteiger charge is 2.32. The highest BCUT2D eigenvalue weighted by molar-refractivity contribution is 5.47. The molecule has 0 saturated heterocycles. The van der Waals surface area contributed by atoms with Crippen LogP contribution >= 0.6 is 0 Å². The number of anilines is 1. The molecule has 8 nitrogen and oxygen atoms in total. The fraction of sp³-hybridized carbons (Fsp3) is 0.562. The summed E-state index contributed by atoms with van der Waals surface area (Å²) in [7, 11) is 0. The second-order valence-corrected chi connectivity index (χ2v) is 7.15. The minimum absolute atomic E-state index is 0.317. The highest BCUT2D eigenvalue weighted by Crippen LogP contribution is 2.38. The first-order valence-electron chi connectivity index (χ1n) is 8.78. The molecule has 1 saturated carbocycles. The van der Waals surface area contributed by atoms with Crippen LogP contribution in [0.15, 0.2) is 12.1 Å². The summed E-state index contributed by atoms with van der Waals surface area (Å²) in [5.74, 6) is 0.916. The zero-order valence-corrected chi connectivity index (χ0v) is 14.3. The second kappa shape index (κ2) is 5.68. The van der Waals surface area contributed by atoms with Crippen molar-refractivity contribution in [1.29, 1.82) is 0 Å². The van der Waals surface area contributed by atoms with E-state index < -0.39 is 12.2 Å². The zero-order valence-electron chi connectivity index (χ0n) is 14.3. The van der Waals surface area contributed by atoms with Crippen molar-refractivity contribution in [2.75, 3.05) is 11.4 Å². The number of alkyl halides is 2. The average molecular weight is 360 g/mol. The topological polar surface area (TPSA) is 77.0 Å². The lowest BCUT2D eigenvalue weighted by atomic mass is 9.82. The Hall–Kier alpha value is -2.65. The summed E-state index contributed by atoms with van der Waals surface area (Å²) in [5, 5.41) is 20.3. The monoisotopic (exact) mass is 360 g/mol. The standard InChI is InChI=1S/C16H18F2N8/c1-9-6-10(7-9)25-12-8-24(5-4-11(12)19-23-25)14-3-2-13-20-21-16(15(17)18)26(13)22-14/h2-3,9-10,15H,4-8H2,1H3. The van der Waals surface area contributed by atoms with Gasteiger partial charge in [-0.05, 0) is 30.9 Å². The third-order valence-corrected chi connectivity index (χ3v) is 5.32. The maximum atomic E-state index is 13.1. The second-order valence-electron chi connectivity index (χ2n) is 7.15. The lowest BCUT2D eigenvalue weighted by Crippen LogP contribution is -2.35. The van der Waals surface area contributed by atoms with E-state index in [0.717, 1.165) is 47.6 Å². The van der Waals surface area contributed by atoms with Crippen molar-refractivity contribution in [3.8, 4) is 0 Å². The van der Waals surface area contributed by atoms with E-state index in [9.17, 15) is 8.78 Å². The number of hydrogen-bond donors (Lipinski definition) is 0. The van der Waals surface area contributed by atoms with E-state index in [1.54, 1.807) is 12.1 Å². The first kappa shape index (κ1) is 15.6. The minimum atomic E-state index is -2.72. The van der Waals surface area contributed by atoms with Gasteiger partial charge in [0.1, 0.15) is 5.82 Å². The number of hydrogen-bond acceptors (Lipinski definition) is 6. The number of halogens is 2. The Bertz CT molecular complexity index is 958. The Morgan fingerprint density at radius 1 is 1.15 bits per heavy atom. The smallest absolute Gasteiger partial charge is 0.299 e. The molecular weight excluding hydrogens is 342 g/mol. The number of aromatic nitrogens is 7. The van der Waals surface area contributed by atoms with Crippen molar-refractivity contribution in [3.63, 3.8) is 0 Å². The summed E-state index contributed by atoms with van der Waals surface area (Å²) >= 11 is 0. The van der Waals surface area contributed by atoms with Crippen molar-refractivity contribution < 1.29 is 8.78 Å². The van der Waals surface area contributed by atoms with Gasteiger partial charge in [-0.25, -0.2) is 13.5 Å². The predicted molar refractivity (Wildman–Crippen MR) is 88.0 cm³/mol. The summed E-state index contributed by atoms with van der Waals surface area (Å²) in [6, 6.07) is 3.88. The SMILES string of the molecule is CC1CC(n2nnc3c2CN(c2ccc4nnc(C(F)F)n4n2)CC3)C1. The van der Waals surface area contributed by atoms with E-state index in [4.69, 9.17) is 0 Å². The van der Waals surface area contributed by atoms with E-state index in [2.05, 4.69) is 37.4 Å². The lowest BCUT2D eigenvalue weighted by Gasteiger charge is -2.35. The maximum absolute atomic E-state index is 13.1. The van der Waals surface area contributed by atoms with Gasteiger partial charge in [0.15, 0.2) is 5.65 Å². The van der Waals surface area contributed by atoms with Crippen LogP contribution in [0.25, 0.3) is 5.65 Å². The molecule has 5 rings (SSSR count). The van der Waals surface area contributed by atoms with Crippen LogP contribution in [0.5, 0.6) is 0 Å². The van der Waals surface area contributed by atoms with Gasteiger partial charge in [-0.2, -0.15) is 4.52 Å². The summed E-state index contributed by atoms with van der Waals surface area (Å²) in [6.07, 6.45) is 0.296. The van der Waals surface area contributed by atoms with Crippen LogP contribution in [0.2, 0.25) is 0 Å². The summed E-state index contributed by atoms with van der Waals surface area (Å²) in [6.45, 7) is 3.58. The van der Waals surface area contributed by atoms with E-state index in [1.165, 1.54) is 0 Å². The van der Waals surface area contributed by atoms with Gasteiger partial charge in [0.25, 0.3) is 6.43 Å². The Balaban J connectivity index is 1.46. The molecule has 0 unspecified atom stereocenters. The molecule has 3 aromatic rings. The van der Waals surface area contributed by atoms with Crippen LogP contribution in [0, 0.1) is 5.92 Å². The Kier molecular flexibility index (Phi) is 3.41. The van der Waals surface area contributed by atoms with Gasteiger partial charge in [-0.3, -0.25) is 0 Å². The third-order valence-electron chi connectivity index (χ3n) is 5.32. The molecule has 136 valence electrons. The van der Waals surface area contributed by atoms with Gasteiger partial charge in [0.2, 0.25) is 5.82 Å². The molecule has 0 aromatic carbocycles. The van der Waals surface area contributed by atoms with Gasteiger partial charge in [0.05, 0.1) is 24.0 Å². The van der Waals surface area contributed by atoms with Crippen LogP contribution in [-0.4, -0.2) is 41.4 Å². The molecule has 0 bridgehead atoms. The van der Waals surface area contributed by atoms with Crippen molar-refractivity contribution in [1.82, 2.24) is 34.8 Å². The lowest BCUT2D eigenvalue weighted by molar-refractivity contribution is 0.137. The summed E-state index contributed by atoms with van der Waals surface area (Å²) in [5.41, 5.74) is 2.45. The van der Waals surface area contributed by atoms with E-state index in [1.807, 2.05) is 4.68 Å². The molecule has 2 aliphatic rings. The van der Waals surface area contributed by atoms with Crippen molar-refractivity contribution >= 4 is 11.5 Å². The molecule has 26 heavy (non-hydrogen) atoms. The zero-order chi connectivity index (χ0) is 17.8. The molecule has 4 heterocycles. The van der Waals surface area contributed by atoms with Gasteiger partial charge in [-0.1, -0.05) is 12.1 Å². The maximum Gasteiger partial charge on any atom is 0.299 e. The summed E-state index contributed by atoms with van der Waals surface area (Å²) < 4.78 is 29.3. The van der Waals surface area contributed by atoms with Crippen LogP contribution in [0.4, 0.5) is 14.6 Å². The minimum Gasteiger partial charge on any atom is -0.349 e. The predicted octanol–water partition coefficient (Wildman–Crippen LogP) is 2.19. The van der Waals surface area contributed by atoms with Crippen LogP contribution in [0.3, 0.4) is 0 Å². The molecule has 10 heteroatoms. The molecule has 1 aliphatic heterocycles. The van der Waals surface area contributed by atoms with Gasteiger partial charge < -0.3 is 4.90 Å². The van der Waals surface area contributed by atoms with E-state index in [-0.39, 0.29) is 0 Å². The van der Waals surface area contributed by atoms with Crippen molar-refractivity contribution in [2.24, 2.45) is 5.92 Å². The molecule has 0 radical (unpaired) electrons. The van der Waals surface area contributed by atoms with E-state index in [0.29, 0.717) is 24.1 Å². The van der Waals surface area contributed by atoms with Crippen molar-refractivity contribution in [2.45, 2.75) is 45.2 Å². The highest BCUT2D eigenvalue weighted by atomic mass is 19.3. The first-order valence-corrected chi connectivity index (χ1v) is 8.78. The Morgan fingerprint density at radius 3 is 2.77 bits per heavy atom. The molecular formula is C16H18F2N8.